The minimum Gasteiger partial charge on any atom is -0.345 e. The average Bonchev–Trinajstić information content (AvgIpc) is 3.03. The molecule has 0 bridgehead atoms. The lowest BCUT2D eigenvalue weighted by Gasteiger charge is -2.14. The number of hydrogen-bond donors (Lipinski definition) is 2. The van der Waals surface area contributed by atoms with Gasteiger partial charge in [-0.2, -0.15) is 0 Å². The number of rotatable bonds is 3. The number of thiophene rings is 1. The van der Waals surface area contributed by atoms with Gasteiger partial charge in [0.15, 0.2) is 0 Å². The van der Waals surface area contributed by atoms with Gasteiger partial charge in [-0.25, -0.2) is 0 Å². The van der Waals surface area contributed by atoms with Gasteiger partial charge in [0.1, 0.15) is 0 Å². The van der Waals surface area contributed by atoms with E-state index in [0.717, 1.165) is 18.7 Å². The molecule has 118 valence electrons. The van der Waals surface area contributed by atoms with Crippen LogP contribution in [0.25, 0.3) is 0 Å². The first-order valence-electron chi connectivity index (χ1n) is 7.25. The molecule has 0 radical (unpaired) electrons. The molecule has 1 aromatic heterocycles. The predicted octanol–water partition coefficient (Wildman–Crippen LogP) is 3.88. The highest BCUT2D eigenvalue weighted by molar-refractivity contribution is 7.12. The second-order valence-corrected chi connectivity index (χ2v) is 7.11. The number of amides is 1. The summed E-state index contributed by atoms with van der Waals surface area (Å²) in [7, 11) is 0. The average molecular weight is 337 g/mol. The molecule has 1 amide bonds. The molecule has 22 heavy (non-hydrogen) atoms. The van der Waals surface area contributed by atoms with Crippen LogP contribution in [0.15, 0.2) is 24.3 Å². The van der Waals surface area contributed by atoms with Gasteiger partial charge in [-0.05, 0) is 55.7 Å². The van der Waals surface area contributed by atoms with Crippen molar-refractivity contribution < 1.29 is 4.79 Å². The van der Waals surface area contributed by atoms with Crippen LogP contribution >= 0.6 is 23.7 Å². The maximum atomic E-state index is 12.4. The van der Waals surface area contributed by atoms with Crippen molar-refractivity contribution in [2.45, 2.75) is 39.9 Å². The van der Waals surface area contributed by atoms with Crippen molar-refractivity contribution in [2.24, 2.45) is 0 Å². The fraction of sp³-hybridized carbons (Fsp3) is 0.353. The Morgan fingerprint density at radius 3 is 2.64 bits per heavy atom. The van der Waals surface area contributed by atoms with E-state index in [2.05, 4.69) is 36.6 Å². The van der Waals surface area contributed by atoms with Gasteiger partial charge in [-0.15, -0.1) is 23.7 Å². The lowest BCUT2D eigenvalue weighted by atomic mass is 10.0. The molecular formula is C17H21ClN2OS. The number of hydrogen-bond acceptors (Lipinski definition) is 3. The van der Waals surface area contributed by atoms with Gasteiger partial charge < -0.3 is 10.6 Å². The maximum absolute atomic E-state index is 12.4. The number of carbonyl (C=O) groups excluding carboxylic acids is 1. The normalized spacial score (nSPS) is 14.1. The molecule has 0 saturated carbocycles. The monoisotopic (exact) mass is 336 g/mol. The predicted molar refractivity (Wildman–Crippen MR) is 93.9 cm³/mol. The van der Waals surface area contributed by atoms with Crippen LogP contribution < -0.4 is 10.6 Å². The Balaban J connectivity index is 0.00000176. The van der Waals surface area contributed by atoms with Crippen molar-refractivity contribution in [1.82, 2.24) is 10.6 Å². The van der Waals surface area contributed by atoms with E-state index in [9.17, 15) is 4.79 Å². The van der Waals surface area contributed by atoms with Crippen LogP contribution in [0.5, 0.6) is 0 Å². The van der Waals surface area contributed by atoms with Crippen LogP contribution in [0.2, 0.25) is 0 Å². The largest absolute Gasteiger partial charge is 0.345 e. The third kappa shape index (κ3) is 3.35. The van der Waals surface area contributed by atoms with Gasteiger partial charge >= 0.3 is 0 Å². The number of aryl methyl sites for hydroxylation is 2. The summed E-state index contributed by atoms with van der Waals surface area (Å²) in [5, 5.41) is 6.41. The first-order chi connectivity index (χ1) is 10.0. The Hall–Kier alpha value is -1.36. The summed E-state index contributed by atoms with van der Waals surface area (Å²) >= 11 is 1.78. The molecule has 1 atom stereocenters. The molecule has 1 aliphatic heterocycles. The number of benzene rings is 1. The quantitative estimate of drug-likeness (QED) is 0.893. The Kier molecular flexibility index (Phi) is 5.27. The molecule has 0 saturated heterocycles. The minimum atomic E-state index is 0. The third-order valence-electron chi connectivity index (χ3n) is 3.99. The van der Waals surface area contributed by atoms with Gasteiger partial charge in [0, 0.05) is 28.4 Å². The number of carbonyl (C=O) groups is 1. The molecular weight excluding hydrogens is 316 g/mol. The maximum Gasteiger partial charge on any atom is 0.251 e. The van der Waals surface area contributed by atoms with E-state index < -0.39 is 0 Å². The zero-order valence-electron chi connectivity index (χ0n) is 13.0. The number of nitrogens with one attached hydrogen (secondary N) is 2. The topological polar surface area (TPSA) is 41.1 Å². The van der Waals surface area contributed by atoms with Crippen molar-refractivity contribution in [1.29, 1.82) is 0 Å². The highest BCUT2D eigenvalue weighted by Crippen LogP contribution is 2.26. The van der Waals surface area contributed by atoms with Crippen molar-refractivity contribution in [3.05, 3.63) is 56.3 Å². The minimum absolute atomic E-state index is 0. The SMILES string of the molecule is Cc1cc(C(C)NC(=O)c2ccc3c(c2)CNC3)c(C)s1.Cl. The fourth-order valence-corrected chi connectivity index (χ4v) is 3.90. The summed E-state index contributed by atoms with van der Waals surface area (Å²) in [6, 6.07) is 8.17. The van der Waals surface area contributed by atoms with E-state index in [1.807, 2.05) is 19.1 Å². The second kappa shape index (κ2) is 6.82. The van der Waals surface area contributed by atoms with Crippen LogP contribution in [0, 0.1) is 13.8 Å². The zero-order valence-corrected chi connectivity index (χ0v) is 14.7. The first-order valence-corrected chi connectivity index (χ1v) is 8.06. The highest BCUT2D eigenvalue weighted by Gasteiger charge is 2.17. The van der Waals surface area contributed by atoms with Crippen molar-refractivity contribution >= 4 is 29.7 Å². The Bertz CT molecular complexity index is 696. The summed E-state index contributed by atoms with van der Waals surface area (Å²) in [5.41, 5.74) is 4.49. The Morgan fingerprint density at radius 2 is 1.95 bits per heavy atom. The molecule has 1 aromatic carbocycles. The van der Waals surface area contributed by atoms with Crippen molar-refractivity contribution in [2.75, 3.05) is 0 Å². The standard InChI is InChI=1S/C17H20N2OS.ClH/c1-10-6-16(12(3)21-10)11(2)19-17(20)13-4-5-14-8-18-9-15(14)7-13;/h4-7,11,18H,8-9H2,1-3H3,(H,19,20);1H. The summed E-state index contributed by atoms with van der Waals surface area (Å²) in [6.45, 7) is 8.01. The zero-order chi connectivity index (χ0) is 15.0. The molecule has 1 aliphatic rings. The van der Waals surface area contributed by atoms with Gasteiger partial charge in [-0.1, -0.05) is 6.07 Å². The number of halogens is 1. The van der Waals surface area contributed by atoms with Crippen LogP contribution in [0.3, 0.4) is 0 Å². The molecule has 1 unspecified atom stereocenters. The van der Waals surface area contributed by atoms with E-state index in [1.165, 1.54) is 26.4 Å². The molecule has 3 rings (SSSR count). The molecule has 2 heterocycles. The Labute approximate surface area is 141 Å². The summed E-state index contributed by atoms with van der Waals surface area (Å²) in [5.74, 6) is 0.000420. The van der Waals surface area contributed by atoms with Gasteiger partial charge in [0.25, 0.3) is 5.91 Å². The Morgan fingerprint density at radius 1 is 1.23 bits per heavy atom. The van der Waals surface area contributed by atoms with Crippen LogP contribution in [0.4, 0.5) is 0 Å². The van der Waals surface area contributed by atoms with E-state index in [4.69, 9.17) is 0 Å². The van der Waals surface area contributed by atoms with Crippen LogP contribution in [-0.2, 0) is 13.1 Å². The van der Waals surface area contributed by atoms with E-state index >= 15 is 0 Å². The van der Waals surface area contributed by atoms with Gasteiger partial charge in [0.2, 0.25) is 0 Å². The molecule has 0 fully saturated rings. The molecule has 3 nitrogen and oxygen atoms in total. The van der Waals surface area contributed by atoms with Crippen LogP contribution in [0.1, 0.15) is 49.8 Å². The lowest BCUT2D eigenvalue weighted by Crippen LogP contribution is -2.26. The smallest absolute Gasteiger partial charge is 0.251 e. The van der Waals surface area contributed by atoms with E-state index in [-0.39, 0.29) is 24.4 Å². The lowest BCUT2D eigenvalue weighted by molar-refractivity contribution is 0.0940. The molecule has 2 N–H and O–H groups in total. The summed E-state index contributed by atoms with van der Waals surface area (Å²) in [6.07, 6.45) is 0. The van der Waals surface area contributed by atoms with Gasteiger partial charge in [0.05, 0.1) is 6.04 Å². The molecule has 2 aromatic rings. The highest BCUT2D eigenvalue weighted by atomic mass is 35.5. The van der Waals surface area contributed by atoms with E-state index in [1.54, 1.807) is 11.3 Å². The number of fused-ring (bicyclic) bond motifs is 1. The summed E-state index contributed by atoms with van der Waals surface area (Å²) in [4.78, 5) is 15.0. The van der Waals surface area contributed by atoms with E-state index in [0.29, 0.717) is 0 Å². The van der Waals surface area contributed by atoms with Crippen molar-refractivity contribution in [3.63, 3.8) is 0 Å². The molecule has 0 spiro atoms. The molecule has 0 aliphatic carbocycles. The van der Waals surface area contributed by atoms with Crippen LogP contribution in [-0.4, -0.2) is 5.91 Å². The third-order valence-corrected chi connectivity index (χ3v) is 4.97. The fourth-order valence-electron chi connectivity index (χ4n) is 2.87. The molecule has 5 heteroatoms. The second-order valence-electron chi connectivity index (χ2n) is 5.65. The van der Waals surface area contributed by atoms with Crippen molar-refractivity contribution in [3.8, 4) is 0 Å². The van der Waals surface area contributed by atoms with Gasteiger partial charge in [-0.3, -0.25) is 4.79 Å². The summed E-state index contributed by atoms with van der Waals surface area (Å²) < 4.78 is 0. The first kappa shape index (κ1) is 17.0.